The summed E-state index contributed by atoms with van der Waals surface area (Å²) in [5.41, 5.74) is 1.04. The highest BCUT2D eigenvalue weighted by atomic mass is 16.6. The molecule has 2 N–H and O–H groups in total. The number of nitro groups is 1. The van der Waals surface area contributed by atoms with Crippen molar-refractivity contribution in [2.45, 2.75) is 19.1 Å². The number of hydrogen-bond donors (Lipinski definition) is 2. The van der Waals surface area contributed by atoms with Gasteiger partial charge in [0.2, 0.25) is 0 Å². The van der Waals surface area contributed by atoms with Gasteiger partial charge in [-0.15, -0.1) is 0 Å². The van der Waals surface area contributed by atoms with Crippen molar-refractivity contribution in [2.75, 3.05) is 6.61 Å². The summed E-state index contributed by atoms with van der Waals surface area (Å²) >= 11 is 0. The summed E-state index contributed by atoms with van der Waals surface area (Å²) in [6.07, 6.45) is 1.38. The molecule has 1 aromatic heterocycles. The van der Waals surface area contributed by atoms with E-state index in [-0.39, 0.29) is 23.6 Å². The zero-order valence-electron chi connectivity index (χ0n) is 11.1. The van der Waals surface area contributed by atoms with E-state index in [1.54, 1.807) is 16.7 Å². The third-order valence-corrected chi connectivity index (χ3v) is 3.28. The van der Waals surface area contributed by atoms with Crippen LogP contribution in [0.1, 0.15) is 5.56 Å². The van der Waals surface area contributed by atoms with Crippen LogP contribution in [0.4, 0.5) is 5.82 Å². The van der Waals surface area contributed by atoms with Crippen molar-refractivity contribution in [3.63, 3.8) is 0 Å². The maximum atomic E-state index is 10.7. The van der Waals surface area contributed by atoms with Gasteiger partial charge in [0.1, 0.15) is 18.6 Å². The highest BCUT2D eigenvalue weighted by molar-refractivity contribution is 5.26. The van der Waals surface area contributed by atoms with Crippen LogP contribution in [0.5, 0.6) is 11.8 Å². The summed E-state index contributed by atoms with van der Waals surface area (Å²) in [4.78, 5) is 13.9. The van der Waals surface area contributed by atoms with Crippen LogP contribution in [0, 0.1) is 10.1 Å². The molecule has 0 amide bonds. The molecule has 1 aliphatic heterocycles. The second kappa shape index (κ2) is 5.41. The predicted molar refractivity (Wildman–Crippen MR) is 73.1 cm³/mol. The molecule has 0 spiro atoms. The summed E-state index contributed by atoms with van der Waals surface area (Å²) in [7, 11) is 0. The number of hydrogen-bond acceptors (Lipinski definition) is 6. The molecule has 1 aromatic carbocycles. The Balaban J connectivity index is 1.61. The molecule has 8 nitrogen and oxygen atoms in total. The van der Waals surface area contributed by atoms with Crippen LogP contribution in [-0.4, -0.2) is 32.2 Å². The smallest absolute Gasteiger partial charge is 0.414 e. The number of ether oxygens (including phenoxy) is 1. The van der Waals surface area contributed by atoms with E-state index in [0.717, 1.165) is 5.56 Å². The first kappa shape index (κ1) is 13.4. The Morgan fingerprint density at radius 1 is 1.48 bits per heavy atom. The topological polar surface area (TPSA) is 102 Å². The normalized spacial score (nSPS) is 17.0. The van der Waals surface area contributed by atoms with Crippen molar-refractivity contribution in [1.82, 2.24) is 14.9 Å². The minimum atomic E-state index is -0.534. The van der Waals surface area contributed by atoms with Crippen molar-refractivity contribution in [1.29, 1.82) is 0 Å². The second-order valence-corrected chi connectivity index (χ2v) is 4.85. The summed E-state index contributed by atoms with van der Waals surface area (Å²) in [6.45, 7) is 1.60. The maximum Gasteiger partial charge on any atom is 0.414 e. The summed E-state index contributed by atoms with van der Waals surface area (Å²) < 4.78 is 7.05. The molecule has 0 saturated carbocycles. The summed E-state index contributed by atoms with van der Waals surface area (Å²) in [6, 6.07) is 7.25. The molecule has 0 radical (unpaired) electrons. The van der Waals surface area contributed by atoms with Crippen molar-refractivity contribution in [2.24, 2.45) is 0 Å². The zero-order valence-corrected chi connectivity index (χ0v) is 11.1. The van der Waals surface area contributed by atoms with Gasteiger partial charge in [-0.2, -0.15) is 0 Å². The maximum absolute atomic E-state index is 10.7. The van der Waals surface area contributed by atoms with E-state index < -0.39 is 4.92 Å². The molecular formula is C13H14N4O4. The molecule has 0 aliphatic carbocycles. The average Bonchev–Trinajstić information content (AvgIpc) is 2.90. The summed E-state index contributed by atoms with van der Waals surface area (Å²) in [5.74, 6) is 0.0271. The Labute approximate surface area is 120 Å². The molecule has 1 unspecified atom stereocenters. The molecule has 0 saturated heterocycles. The quantitative estimate of drug-likeness (QED) is 0.644. The van der Waals surface area contributed by atoms with Gasteiger partial charge in [-0.05, 0) is 22.6 Å². The fourth-order valence-electron chi connectivity index (χ4n) is 2.18. The molecule has 3 rings (SSSR count). The van der Waals surface area contributed by atoms with Crippen molar-refractivity contribution >= 4 is 5.82 Å². The van der Waals surface area contributed by atoms with Gasteiger partial charge in [0.15, 0.2) is 0 Å². The van der Waals surface area contributed by atoms with Crippen molar-refractivity contribution in [3.05, 3.63) is 46.1 Å². The Morgan fingerprint density at radius 2 is 2.24 bits per heavy atom. The number of benzene rings is 1. The number of aromatic hydroxyl groups is 1. The molecule has 110 valence electrons. The van der Waals surface area contributed by atoms with E-state index in [0.29, 0.717) is 19.7 Å². The van der Waals surface area contributed by atoms with Crippen LogP contribution >= 0.6 is 0 Å². The minimum absolute atomic E-state index is 0.0418. The Morgan fingerprint density at radius 3 is 2.95 bits per heavy atom. The molecular weight excluding hydrogens is 276 g/mol. The van der Waals surface area contributed by atoms with Crippen LogP contribution in [0.15, 0.2) is 30.5 Å². The number of imidazole rings is 1. The van der Waals surface area contributed by atoms with Crippen LogP contribution in [0.25, 0.3) is 0 Å². The molecule has 21 heavy (non-hydrogen) atoms. The van der Waals surface area contributed by atoms with E-state index in [2.05, 4.69) is 10.3 Å². The number of aromatic nitrogens is 2. The fraction of sp³-hybridized carbons (Fsp3) is 0.308. The zero-order chi connectivity index (χ0) is 14.8. The number of phenols is 1. The highest BCUT2D eigenvalue weighted by Crippen LogP contribution is 2.21. The number of fused-ring (bicyclic) bond motifs is 1. The number of nitrogens with zero attached hydrogens (tertiary/aromatic N) is 3. The van der Waals surface area contributed by atoms with Crippen LogP contribution in [-0.2, 0) is 13.1 Å². The van der Waals surface area contributed by atoms with Crippen LogP contribution < -0.4 is 10.1 Å². The SMILES string of the molecule is O=[N+]([O-])c1cn2c(n1)OCC(NCc1ccc(O)cc1)C2. The van der Waals surface area contributed by atoms with Gasteiger partial charge in [-0.25, -0.2) is 0 Å². The largest absolute Gasteiger partial charge is 0.508 e. The lowest BCUT2D eigenvalue weighted by atomic mass is 10.2. The molecule has 2 aromatic rings. The van der Waals surface area contributed by atoms with E-state index in [1.807, 2.05) is 12.1 Å². The van der Waals surface area contributed by atoms with E-state index in [4.69, 9.17) is 4.74 Å². The first-order valence-corrected chi connectivity index (χ1v) is 6.47. The first-order chi connectivity index (χ1) is 10.1. The van der Waals surface area contributed by atoms with E-state index in [9.17, 15) is 15.2 Å². The van der Waals surface area contributed by atoms with Gasteiger partial charge < -0.3 is 25.3 Å². The predicted octanol–water partition coefficient (Wildman–Crippen LogP) is 1.05. The summed E-state index contributed by atoms with van der Waals surface area (Å²) in [5, 5.41) is 23.2. The van der Waals surface area contributed by atoms with Crippen molar-refractivity contribution < 1.29 is 14.8 Å². The minimum Gasteiger partial charge on any atom is -0.508 e. The van der Waals surface area contributed by atoms with Gasteiger partial charge >= 0.3 is 11.8 Å². The number of nitrogens with one attached hydrogen (secondary N) is 1. The molecule has 2 heterocycles. The monoisotopic (exact) mass is 290 g/mol. The van der Waals surface area contributed by atoms with Gasteiger partial charge in [-0.1, -0.05) is 12.1 Å². The Hall–Kier alpha value is -2.61. The molecule has 8 heteroatoms. The van der Waals surface area contributed by atoms with Gasteiger partial charge in [0.25, 0.3) is 0 Å². The lowest BCUT2D eigenvalue weighted by Gasteiger charge is -2.23. The van der Waals surface area contributed by atoms with E-state index in [1.165, 1.54) is 6.20 Å². The van der Waals surface area contributed by atoms with Gasteiger partial charge in [-0.3, -0.25) is 4.57 Å². The fourth-order valence-corrected chi connectivity index (χ4v) is 2.18. The lowest BCUT2D eigenvalue weighted by Crippen LogP contribution is -2.41. The molecule has 1 atom stereocenters. The van der Waals surface area contributed by atoms with Gasteiger partial charge in [0, 0.05) is 18.1 Å². The van der Waals surface area contributed by atoms with Gasteiger partial charge in [0.05, 0.1) is 6.04 Å². The molecule has 1 aliphatic rings. The standard InChI is InChI=1S/C13H14N4O4/c18-11-3-1-9(2-4-11)5-14-10-6-16-7-12(17(19)20)15-13(16)21-8-10/h1-4,7,10,14,18H,5-6,8H2. The number of rotatable bonds is 4. The third kappa shape index (κ3) is 2.95. The van der Waals surface area contributed by atoms with Crippen LogP contribution in [0.3, 0.4) is 0 Å². The lowest BCUT2D eigenvalue weighted by molar-refractivity contribution is -0.389. The highest BCUT2D eigenvalue weighted by Gasteiger charge is 2.27. The van der Waals surface area contributed by atoms with E-state index >= 15 is 0 Å². The third-order valence-electron chi connectivity index (χ3n) is 3.28. The second-order valence-electron chi connectivity index (χ2n) is 4.85. The molecule has 0 bridgehead atoms. The Bertz CT molecular complexity index is 653. The first-order valence-electron chi connectivity index (χ1n) is 6.47. The number of phenolic OH excluding ortho intramolecular Hbond substituents is 1. The van der Waals surface area contributed by atoms with Crippen molar-refractivity contribution in [3.8, 4) is 11.8 Å². The molecule has 0 fully saturated rings. The Kier molecular flexibility index (Phi) is 3.44. The van der Waals surface area contributed by atoms with Crippen LogP contribution in [0.2, 0.25) is 0 Å². The average molecular weight is 290 g/mol.